The molecule has 1 aliphatic carbocycles. The lowest BCUT2D eigenvalue weighted by Crippen LogP contribution is -2.44. The van der Waals surface area contributed by atoms with E-state index in [1.54, 1.807) is 12.1 Å². The van der Waals surface area contributed by atoms with Crippen LogP contribution in [0.25, 0.3) is 0 Å². The molecular weight excluding hydrogens is 258 g/mol. The number of hydrazine groups is 1. The van der Waals surface area contributed by atoms with Gasteiger partial charge in [-0.15, -0.1) is 0 Å². The van der Waals surface area contributed by atoms with Crippen LogP contribution in [0.4, 0.5) is 10.5 Å². The first-order valence-corrected chi connectivity index (χ1v) is 6.81. The lowest BCUT2D eigenvalue weighted by atomic mass is 9.96. The van der Waals surface area contributed by atoms with Gasteiger partial charge >= 0.3 is 12.0 Å². The van der Waals surface area contributed by atoms with E-state index in [4.69, 9.17) is 5.11 Å². The number of carbonyl (C=O) groups excluding carboxylic acids is 1. The molecule has 4 N–H and O–H groups in total. The molecule has 20 heavy (non-hydrogen) atoms. The number of nitrogens with one attached hydrogen (secondary N) is 3. The van der Waals surface area contributed by atoms with Gasteiger partial charge in [0.1, 0.15) is 0 Å². The van der Waals surface area contributed by atoms with E-state index in [0.717, 1.165) is 25.7 Å². The van der Waals surface area contributed by atoms with Gasteiger partial charge in [0.15, 0.2) is 0 Å². The topological polar surface area (TPSA) is 90.5 Å². The fourth-order valence-electron chi connectivity index (χ4n) is 2.29. The Morgan fingerprint density at radius 1 is 1.05 bits per heavy atom. The predicted molar refractivity (Wildman–Crippen MR) is 75.6 cm³/mol. The van der Waals surface area contributed by atoms with Crippen molar-refractivity contribution in [1.29, 1.82) is 0 Å². The molecule has 6 heteroatoms. The molecule has 6 nitrogen and oxygen atoms in total. The molecule has 1 fully saturated rings. The van der Waals surface area contributed by atoms with E-state index in [-0.39, 0.29) is 17.6 Å². The van der Waals surface area contributed by atoms with Crippen LogP contribution in [-0.2, 0) is 0 Å². The summed E-state index contributed by atoms with van der Waals surface area (Å²) in [5.74, 6) is -0.973. The fraction of sp³-hybridized carbons (Fsp3) is 0.429. The van der Waals surface area contributed by atoms with E-state index in [9.17, 15) is 9.59 Å². The van der Waals surface area contributed by atoms with Crippen molar-refractivity contribution >= 4 is 17.7 Å². The van der Waals surface area contributed by atoms with Crippen molar-refractivity contribution in [3.63, 3.8) is 0 Å². The van der Waals surface area contributed by atoms with Crippen molar-refractivity contribution in [1.82, 2.24) is 10.7 Å². The van der Waals surface area contributed by atoms with Crippen LogP contribution in [0.1, 0.15) is 42.5 Å². The molecule has 0 radical (unpaired) electrons. The highest BCUT2D eigenvalue weighted by molar-refractivity contribution is 5.88. The number of benzene rings is 1. The number of amides is 2. The van der Waals surface area contributed by atoms with Crippen molar-refractivity contribution < 1.29 is 14.7 Å². The number of hydrogen-bond donors (Lipinski definition) is 4. The number of anilines is 1. The van der Waals surface area contributed by atoms with Gasteiger partial charge in [-0.2, -0.15) is 0 Å². The van der Waals surface area contributed by atoms with Crippen molar-refractivity contribution in [3.8, 4) is 0 Å². The lowest BCUT2D eigenvalue weighted by Gasteiger charge is -2.23. The minimum atomic E-state index is -0.973. The summed E-state index contributed by atoms with van der Waals surface area (Å²) in [4.78, 5) is 22.4. The van der Waals surface area contributed by atoms with Crippen LogP contribution in [0.15, 0.2) is 24.3 Å². The van der Waals surface area contributed by atoms with Gasteiger partial charge < -0.3 is 10.4 Å². The Morgan fingerprint density at radius 3 is 2.30 bits per heavy atom. The Balaban J connectivity index is 1.76. The van der Waals surface area contributed by atoms with Crippen LogP contribution < -0.4 is 16.2 Å². The zero-order chi connectivity index (χ0) is 14.4. The summed E-state index contributed by atoms with van der Waals surface area (Å²) in [6.07, 6.45) is 5.62. The average molecular weight is 277 g/mol. The minimum Gasteiger partial charge on any atom is -0.478 e. The molecule has 2 rings (SSSR count). The van der Waals surface area contributed by atoms with E-state index in [0.29, 0.717) is 5.69 Å². The Hall–Kier alpha value is -2.24. The summed E-state index contributed by atoms with van der Waals surface area (Å²) in [5.41, 5.74) is 6.14. The van der Waals surface area contributed by atoms with Crippen LogP contribution in [-0.4, -0.2) is 23.1 Å². The number of carboxylic acids is 1. The van der Waals surface area contributed by atoms with Crippen molar-refractivity contribution in [3.05, 3.63) is 29.8 Å². The molecule has 108 valence electrons. The number of aromatic carboxylic acids is 1. The third-order valence-electron chi connectivity index (χ3n) is 3.39. The molecule has 1 aromatic rings. The first kappa shape index (κ1) is 14.2. The molecule has 2 amide bonds. The van der Waals surface area contributed by atoms with E-state index in [1.807, 2.05) is 0 Å². The number of rotatable bonds is 4. The summed E-state index contributed by atoms with van der Waals surface area (Å²) in [5, 5.41) is 11.7. The molecule has 0 aromatic heterocycles. The van der Waals surface area contributed by atoms with Gasteiger partial charge in [-0.1, -0.05) is 19.3 Å². The first-order chi connectivity index (χ1) is 9.65. The third-order valence-corrected chi connectivity index (χ3v) is 3.39. The lowest BCUT2D eigenvalue weighted by molar-refractivity contribution is 0.0697. The maximum absolute atomic E-state index is 11.7. The molecule has 1 aromatic carbocycles. The van der Waals surface area contributed by atoms with Crippen LogP contribution in [0, 0.1) is 0 Å². The average Bonchev–Trinajstić information content (AvgIpc) is 2.46. The molecule has 0 saturated heterocycles. The fourth-order valence-corrected chi connectivity index (χ4v) is 2.29. The third kappa shape index (κ3) is 4.15. The second-order valence-electron chi connectivity index (χ2n) is 4.94. The summed E-state index contributed by atoms with van der Waals surface area (Å²) in [6.45, 7) is 0. The number of urea groups is 1. The minimum absolute atomic E-state index is 0.210. The highest BCUT2D eigenvalue weighted by atomic mass is 16.4. The van der Waals surface area contributed by atoms with Crippen molar-refractivity contribution in [2.24, 2.45) is 0 Å². The molecule has 0 aliphatic heterocycles. The van der Waals surface area contributed by atoms with Gasteiger partial charge in [-0.05, 0) is 37.1 Å². The van der Waals surface area contributed by atoms with E-state index < -0.39 is 5.97 Å². The summed E-state index contributed by atoms with van der Waals surface area (Å²) < 4.78 is 0. The second-order valence-corrected chi connectivity index (χ2v) is 4.94. The Kier molecular flexibility index (Phi) is 4.81. The molecular formula is C14H19N3O3. The van der Waals surface area contributed by atoms with Gasteiger partial charge in [0.2, 0.25) is 0 Å². The van der Waals surface area contributed by atoms with Crippen LogP contribution in [0.3, 0.4) is 0 Å². The zero-order valence-electron chi connectivity index (χ0n) is 11.2. The van der Waals surface area contributed by atoms with Gasteiger partial charge in [0, 0.05) is 6.04 Å². The number of carboxylic acid groups (broad SMARTS) is 1. The Bertz CT molecular complexity index is 467. The molecule has 0 bridgehead atoms. The Labute approximate surface area is 117 Å². The Morgan fingerprint density at radius 2 is 1.70 bits per heavy atom. The summed E-state index contributed by atoms with van der Waals surface area (Å²) in [6, 6.07) is 6.14. The smallest absolute Gasteiger partial charge is 0.335 e. The largest absolute Gasteiger partial charge is 0.478 e. The van der Waals surface area contributed by atoms with E-state index in [2.05, 4.69) is 16.2 Å². The highest BCUT2D eigenvalue weighted by Gasteiger charge is 2.15. The summed E-state index contributed by atoms with van der Waals surface area (Å²) >= 11 is 0. The zero-order valence-corrected chi connectivity index (χ0v) is 11.2. The first-order valence-electron chi connectivity index (χ1n) is 6.81. The molecule has 1 saturated carbocycles. The normalized spacial score (nSPS) is 15.4. The van der Waals surface area contributed by atoms with Crippen molar-refractivity contribution in [2.75, 3.05) is 5.43 Å². The molecule has 0 spiro atoms. The standard InChI is InChI=1S/C14H19N3O3/c18-13(19)10-6-8-12(9-7-10)16-17-14(20)15-11-4-2-1-3-5-11/h6-9,11,16H,1-5H2,(H,18,19)(H2,15,17,20). The summed E-state index contributed by atoms with van der Waals surface area (Å²) in [7, 11) is 0. The highest BCUT2D eigenvalue weighted by Crippen LogP contribution is 2.17. The molecule has 0 heterocycles. The molecule has 1 aliphatic rings. The van der Waals surface area contributed by atoms with Crippen LogP contribution in [0.5, 0.6) is 0 Å². The predicted octanol–water partition coefficient (Wildman–Crippen LogP) is 2.34. The van der Waals surface area contributed by atoms with Crippen LogP contribution in [0.2, 0.25) is 0 Å². The number of carbonyl (C=O) groups is 2. The van der Waals surface area contributed by atoms with Crippen molar-refractivity contribution in [2.45, 2.75) is 38.1 Å². The SMILES string of the molecule is O=C(NNc1ccc(C(=O)O)cc1)NC1CCCCC1. The monoisotopic (exact) mass is 277 g/mol. The van der Waals surface area contributed by atoms with Crippen LogP contribution >= 0.6 is 0 Å². The molecule has 0 unspecified atom stereocenters. The van der Waals surface area contributed by atoms with Gasteiger partial charge in [0.25, 0.3) is 0 Å². The van der Waals surface area contributed by atoms with Gasteiger partial charge in [-0.3, -0.25) is 10.9 Å². The second kappa shape index (κ2) is 6.79. The maximum Gasteiger partial charge on any atom is 0.335 e. The number of hydrogen-bond acceptors (Lipinski definition) is 3. The van der Waals surface area contributed by atoms with Gasteiger partial charge in [-0.25, -0.2) is 9.59 Å². The quantitative estimate of drug-likeness (QED) is 0.636. The van der Waals surface area contributed by atoms with E-state index in [1.165, 1.54) is 18.6 Å². The molecule has 0 atom stereocenters. The van der Waals surface area contributed by atoms with E-state index >= 15 is 0 Å². The van der Waals surface area contributed by atoms with Gasteiger partial charge in [0.05, 0.1) is 11.3 Å². The maximum atomic E-state index is 11.7.